The molecule has 190 valence electrons. The average molecular weight is 479 g/mol. The van der Waals surface area contributed by atoms with E-state index in [9.17, 15) is 10.4 Å². The molecule has 35 heavy (non-hydrogen) atoms. The van der Waals surface area contributed by atoms with Crippen LogP contribution in [0, 0.1) is 0 Å². The quantitative estimate of drug-likeness (QED) is 0.173. The van der Waals surface area contributed by atoms with Crippen LogP contribution in [-0.2, 0) is 6.42 Å². The first-order chi connectivity index (χ1) is 17.1. The van der Waals surface area contributed by atoms with Crippen LogP contribution >= 0.6 is 0 Å². The van der Waals surface area contributed by atoms with Gasteiger partial charge in [0, 0.05) is 0 Å². The predicted octanol–water partition coefficient (Wildman–Crippen LogP) is 5.86. The number of rotatable bonds is 14. The summed E-state index contributed by atoms with van der Waals surface area (Å²) in [6.45, 7) is 14.9. The van der Waals surface area contributed by atoms with Crippen LogP contribution in [0.25, 0.3) is 11.1 Å². The van der Waals surface area contributed by atoms with Gasteiger partial charge in [-0.2, -0.15) is 0 Å². The summed E-state index contributed by atoms with van der Waals surface area (Å²) < 4.78 is 0. The van der Waals surface area contributed by atoms with Gasteiger partial charge in [0.05, 0.1) is 11.4 Å². The largest absolute Gasteiger partial charge is 0.411 e. The van der Waals surface area contributed by atoms with Gasteiger partial charge in [0.15, 0.2) is 0 Å². The molecule has 0 fully saturated rings. The minimum absolute atomic E-state index is 0.750. The monoisotopic (exact) mass is 478 g/mol. The lowest BCUT2D eigenvalue weighted by Crippen LogP contribution is -2.24. The molecule has 0 heterocycles. The van der Waals surface area contributed by atoms with Crippen LogP contribution in [0.15, 0.2) is 46.7 Å². The molecule has 0 aromatic heterocycles. The van der Waals surface area contributed by atoms with E-state index in [0.29, 0.717) is 0 Å². The molecule has 2 aromatic carbocycles. The van der Waals surface area contributed by atoms with Crippen molar-refractivity contribution in [1.29, 1.82) is 0 Å². The molecule has 0 bridgehead atoms. The Morgan fingerprint density at radius 3 is 1.43 bits per heavy atom. The van der Waals surface area contributed by atoms with Crippen molar-refractivity contribution in [2.75, 3.05) is 39.3 Å². The van der Waals surface area contributed by atoms with Crippen molar-refractivity contribution in [2.45, 2.75) is 59.8 Å². The highest BCUT2D eigenvalue weighted by molar-refractivity contribution is 6.02. The molecule has 0 unspecified atom stereocenters. The van der Waals surface area contributed by atoms with Crippen molar-refractivity contribution in [3.63, 3.8) is 0 Å². The minimum Gasteiger partial charge on any atom is -0.411 e. The van der Waals surface area contributed by atoms with E-state index in [-0.39, 0.29) is 0 Å². The maximum Gasteiger partial charge on any atom is 0.0868 e. The summed E-state index contributed by atoms with van der Waals surface area (Å²) >= 11 is 0. The number of benzene rings is 2. The minimum atomic E-state index is 0.750. The van der Waals surface area contributed by atoms with Gasteiger partial charge in [0.2, 0.25) is 0 Å². The van der Waals surface area contributed by atoms with Crippen molar-refractivity contribution in [3.8, 4) is 11.1 Å². The highest BCUT2D eigenvalue weighted by Gasteiger charge is 2.21. The zero-order valence-corrected chi connectivity index (χ0v) is 21.9. The van der Waals surface area contributed by atoms with E-state index >= 15 is 0 Å². The normalized spacial score (nSPS) is 13.5. The van der Waals surface area contributed by atoms with Crippen molar-refractivity contribution in [1.82, 2.24) is 9.80 Å². The van der Waals surface area contributed by atoms with Crippen LogP contribution < -0.4 is 0 Å². The third kappa shape index (κ3) is 6.71. The molecule has 0 saturated carbocycles. The number of nitrogens with zero attached hydrogens (tertiary/aromatic N) is 4. The SMILES string of the molecule is CCN(CC)CCCC(=NO)c1ccc2c(c1)Cc1cc(C(CCCN(CC)CC)=NO)ccc1-2. The molecule has 1 aliphatic carbocycles. The fraction of sp³-hybridized carbons (Fsp3) is 0.517. The van der Waals surface area contributed by atoms with E-state index in [1.165, 1.54) is 22.3 Å². The zero-order chi connectivity index (χ0) is 25.2. The highest BCUT2D eigenvalue weighted by atomic mass is 16.4. The Balaban J connectivity index is 1.68. The maximum atomic E-state index is 9.68. The van der Waals surface area contributed by atoms with Crippen LogP contribution in [0.1, 0.15) is 75.6 Å². The summed E-state index contributed by atoms with van der Waals surface area (Å²) in [5, 5.41) is 26.6. The number of hydrogen-bond donors (Lipinski definition) is 2. The Morgan fingerprint density at radius 1 is 0.686 bits per heavy atom. The first-order valence-corrected chi connectivity index (χ1v) is 13.2. The molecule has 0 spiro atoms. The lowest BCUT2D eigenvalue weighted by molar-refractivity contribution is 0.298. The van der Waals surface area contributed by atoms with Gasteiger partial charge in [-0.1, -0.05) is 62.3 Å². The lowest BCUT2D eigenvalue weighted by atomic mass is 9.98. The topological polar surface area (TPSA) is 71.7 Å². The second kappa shape index (κ2) is 13.4. The smallest absolute Gasteiger partial charge is 0.0868 e. The number of oxime groups is 2. The van der Waals surface area contributed by atoms with Gasteiger partial charge < -0.3 is 20.2 Å². The van der Waals surface area contributed by atoms with Gasteiger partial charge in [-0.05, 0) is 117 Å². The summed E-state index contributed by atoms with van der Waals surface area (Å²) in [6.07, 6.45) is 4.29. The van der Waals surface area contributed by atoms with E-state index in [1.807, 2.05) is 0 Å². The van der Waals surface area contributed by atoms with E-state index in [2.05, 4.69) is 84.2 Å². The van der Waals surface area contributed by atoms with Gasteiger partial charge in [-0.25, -0.2) is 0 Å². The molecule has 2 aromatic rings. The third-order valence-corrected chi connectivity index (χ3v) is 7.35. The summed E-state index contributed by atoms with van der Waals surface area (Å²) in [4.78, 5) is 4.78. The molecule has 0 saturated heterocycles. The van der Waals surface area contributed by atoms with Crippen LogP contribution in [0.2, 0.25) is 0 Å². The fourth-order valence-corrected chi connectivity index (χ4v) is 5.09. The molecule has 6 heteroatoms. The molecule has 3 rings (SSSR count). The Bertz CT molecular complexity index is 942. The van der Waals surface area contributed by atoms with Crippen LogP contribution in [0.4, 0.5) is 0 Å². The van der Waals surface area contributed by atoms with E-state index in [0.717, 1.165) is 93.9 Å². The molecule has 0 atom stereocenters. The first kappa shape index (κ1) is 26.9. The highest BCUT2D eigenvalue weighted by Crippen LogP contribution is 2.38. The molecule has 2 N–H and O–H groups in total. The Labute approximate surface area is 210 Å². The van der Waals surface area contributed by atoms with Gasteiger partial charge in [0.25, 0.3) is 0 Å². The average Bonchev–Trinajstić information content (AvgIpc) is 3.26. The fourth-order valence-electron chi connectivity index (χ4n) is 5.09. The third-order valence-electron chi connectivity index (χ3n) is 7.35. The summed E-state index contributed by atoms with van der Waals surface area (Å²) in [7, 11) is 0. The van der Waals surface area contributed by atoms with Crippen molar-refractivity contribution in [2.24, 2.45) is 10.3 Å². The molecular weight excluding hydrogens is 436 g/mol. The number of fused-ring (bicyclic) bond motifs is 3. The van der Waals surface area contributed by atoms with Gasteiger partial charge in [0.1, 0.15) is 0 Å². The molecule has 0 aliphatic heterocycles. The van der Waals surface area contributed by atoms with Crippen LogP contribution in [-0.4, -0.2) is 70.9 Å². The van der Waals surface area contributed by atoms with E-state index in [1.54, 1.807) is 0 Å². The van der Waals surface area contributed by atoms with E-state index < -0.39 is 0 Å². The van der Waals surface area contributed by atoms with Crippen molar-refractivity contribution >= 4 is 11.4 Å². The second-order valence-corrected chi connectivity index (χ2v) is 9.27. The van der Waals surface area contributed by atoms with Crippen LogP contribution in [0.3, 0.4) is 0 Å². The van der Waals surface area contributed by atoms with Gasteiger partial charge in [-0.15, -0.1) is 0 Å². The van der Waals surface area contributed by atoms with Crippen LogP contribution in [0.5, 0.6) is 0 Å². The summed E-state index contributed by atoms with van der Waals surface area (Å²) in [6, 6.07) is 12.8. The Hall–Kier alpha value is -2.70. The summed E-state index contributed by atoms with van der Waals surface area (Å²) in [5.74, 6) is 0. The zero-order valence-electron chi connectivity index (χ0n) is 21.9. The molecule has 6 nitrogen and oxygen atoms in total. The van der Waals surface area contributed by atoms with Crippen molar-refractivity contribution in [3.05, 3.63) is 58.7 Å². The predicted molar refractivity (Wildman–Crippen MR) is 145 cm³/mol. The lowest BCUT2D eigenvalue weighted by Gasteiger charge is -2.17. The van der Waals surface area contributed by atoms with Crippen molar-refractivity contribution < 1.29 is 10.4 Å². The standard InChI is InChI=1S/C29H42N4O2/c1-5-32(6-2)17-9-11-28(30-34)22-13-15-26-24(19-22)21-25-20-23(14-16-27(25)26)29(31-35)12-10-18-33(7-3)8-4/h13-16,19-20,34-35H,5-12,17-18,21H2,1-4H3. The maximum absolute atomic E-state index is 9.68. The van der Waals surface area contributed by atoms with Gasteiger partial charge in [-0.3, -0.25) is 0 Å². The molecular formula is C29H42N4O2. The molecule has 0 amide bonds. The first-order valence-electron chi connectivity index (χ1n) is 13.2. The molecule has 0 radical (unpaired) electrons. The van der Waals surface area contributed by atoms with E-state index in [4.69, 9.17) is 0 Å². The second-order valence-electron chi connectivity index (χ2n) is 9.27. The number of hydrogen-bond acceptors (Lipinski definition) is 6. The Kier molecular flexibility index (Phi) is 10.3. The Morgan fingerprint density at radius 2 is 1.09 bits per heavy atom. The summed E-state index contributed by atoms with van der Waals surface area (Å²) in [5.41, 5.74) is 8.46. The molecule has 1 aliphatic rings. The van der Waals surface area contributed by atoms with Gasteiger partial charge >= 0.3 is 0 Å².